The zero-order valence-electron chi connectivity index (χ0n) is 10.5. The number of carbonyl (C=O) groups is 2. The van der Waals surface area contributed by atoms with E-state index in [-0.39, 0.29) is 12.1 Å². The summed E-state index contributed by atoms with van der Waals surface area (Å²) >= 11 is 0. The average molecular weight is 244 g/mol. The second kappa shape index (κ2) is 5.86. The van der Waals surface area contributed by atoms with Gasteiger partial charge in [-0.3, -0.25) is 0 Å². The van der Waals surface area contributed by atoms with Crippen LogP contribution in [0.3, 0.4) is 0 Å². The second-order valence-electron chi connectivity index (χ2n) is 4.05. The van der Waals surface area contributed by atoms with Crippen molar-refractivity contribution in [1.29, 1.82) is 0 Å². The predicted molar refractivity (Wildman–Crippen MR) is 61.9 cm³/mol. The van der Waals surface area contributed by atoms with E-state index in [1.54, 1.807) is 4.90 Å². The molecule has 0 spiro atoms. The monoisotopic (exact) mass is 244 g/mol. The summed E-state index contributed by atoms with van der Waals surface area (Å²) in [6, 6.07) is -0.991. The molecule has 1 aliphatic rings. The molecule has 0 aromatic carbocycles. The van der Waals surface area contributed by atoms with Crippen molar-refractivity contribution in [2.45, 2.75) is 32.4 Å². The number of ether oxygens (including phenoxy) is 1. The van der Waals surface area contributed by atoms with Crippen LogP contribution in [0.25, 0.3) is 0 Å². The number of carbonyl (C=O) groups excluding carboxylic acids is 1. The summed E-state index contributed by atoms with van der Waals surface area (Å²) in [5.74, 6) is -0.968. The molecule has 6 heteroatoms. The van der Waals surface area contributed by atoms with Crippen molar-refractivity contribution in [1.82, 2.24) is 9.80 Å². The number of methoxy groups -OCH3 is 1. The van der Waals surface area contributed by atoms with Crippen LogP contribution in [0.1, 0.15) is 20.3 Å². The first-order chi connectivity index (χ1) is 8.04. The number of rotatable bonds is 4. The Balaban J connectivity index is 2.79. The highest BCUT2D eigenvalue weighted by Gasteiger charge is 2.40. The number of amides is 2. The fraction of sp³-hybridized carbons (Fsp3) is 0.818. The van der Waals surface area contributed by atoms with Crippen LogP contribution >= 0.6 is 0 Å². The smallest absolute Gasteiger partial charge is 0.326 e. The summed E-state index contributed by atoms with van der Waals surface area (Å²) in [5.41, 5.74) is 0. The Kier molecular flexibility index (Phi) is 4.74. The molecule has 2 unspecified atom stereocenters. The standard InChI is InChI=1S/C11H20N2O4/c1-4-12(5-2)11(16)13-7-8(17-3)6-9(13)10(14)15/h8-9H,4-7H2,1-3H3,(H,14,15). The van der Waals surface area contributed by atoms with E-state index in [0.717, 1.165) is 0 Å². The topological polar surface area (TPSA) is 70.1 Å². The maximum absolute atomic E-state index is 12.1. The van der Waals surface area contributed by atoms with Crippen molar-refractivity contribution in [3.8, 4) is 0 Å². The van der Waals surface area contributed by atoms with Gasteiger partial charge in [0.05, 0.1) is 6.10 Å². The summed E-state index contributed by atoms with van der Waals surface area (Å²) in [6.45, 7) is 5.26. The van der Waals surface area contributed by atoms with Crippen molar-refractivity contribution in [2.24, 2.45) is 0 Å². The molecule has 0 radical (unpaired) electrons. The van der Waals surface area contributed by atoms with Gasteiger partial charge in [0.25, 0.3) is 0 Å². The van der Waals surface area contributed by atoms with E-state index in [0.29, 0.717) is 26.1 Å². The molecule has 1 saturated heterocycles. The molecule has 1 heterocycles. The summed E-state index contributed by atoms with van der Waals surface area (Å²) in [4.78, 5) is 26.2. The van der Waals surface area contributed by atoms with Crippen molar-refractivity contribution in [3.05, 3.63) is 0 Å². The van der Waals surface area contributed by atoms with Crippen LogP contribution < -0.4 is 0 Å². The number of carboxylic acids is 1. The highest BCUT2D eigenvalue weighted by molar-refractivity contribution is 5.83. The van der Waals surface area contributed by atoms with E-state index in [1.807, 2.05) is 13.8 Å². The van der Waals surface area contributed by atoms with E-state index in [1.165, 1.54) is 12.0 Å². The van der Waals surface area contributed by atoms with Crippen LogP contribution in [0.2, 0.25) is 0 Å². The third kappa shape index (κ3) is 2.88. The summed E-state index contributed by atoms with van der Waals surface area (Å²) in [6.07, 6.45) is 0.175. The number of aliphatic carboxylic acids is 1. The summed E-state index contributed by atoms with van der Waals surface area (Å²) in [7, 11) is 1.54. The van der Waals surface area contributed by atoms with Gasteiger partial charge in [-0.25, -0.2) is 9.59 Å². The van der Waals surface area contributed by atoms with Gasteiger partial charge < -0.3 is 19.6 Å². The molecular weight excluding hydrogens is 224 g/mol. The summed E-state index contributed by atoms with van der Waals surface area (Å²) < 4.78 is 5.14. The Morgan fingerprint density at radius 3 is 2.41 bits per heavy atom. The Labute approximate surface area is 101 Å². The van der Waals surface area contributed by atoms with Crippen molar-refractivity contribution >= 4 is 12.0 Å². The van der Waals surface area contributed by atoms with Crippen LogP contribution in [0.15, 0.2) is 0 Å². The molecule has 1 fully saturated rings. The fourth-order valence-corrected chi connectivity index (χ4v) is 2.09. The van der Waals surface area contributed by atoms with Crippen LogP contribution in [0.4, 0.5) is 4.79 Å². The first-order valence-electron chi connectivity index (χ1n) is 5.86. The van der Waals surface area contributed by atoms with Gasteiger partial charge >= 0.3 is 12.0 Å². The lowest BCUT2D eigenvalue weighted by Crippen LogP contribution is -2.48. The Bertz CT molecular complexity index is 291. The minimum Gasteiger partial charge on any atom is -0.480 e. The molecule has 6 nitrogen and oxygen atoms in total. The Morgan fingerprint density at radius 2 is 2.00 bits per heavy atom. The van der Waals surface area contributed by atoms with E-state index in [2.05, 4.69) is 0 Å². The molecule has 0 aromatic rings. The van der Waals surface area contributed by atoms with Crippen molar-refractivity contribution < 1.29 is 19.4 Å². The molecule has 0 aliphatic carbocycles. The molecule has 0 bridgehead atoms. The lowest BCUT2D eigenvalue weighted by Gasteiger charge is -2.28. The lowest BCUT2D eigenvalue weighted by atomic mass is 10.2. The van der Waals surface area contributed by atoms with Gasteiger partial charge in [0.1, 0.15) is 6.04 Å². The number of carboxylic acid groups (broad SMARTS) is 1. The van der Waals surface area contributed by atoms with Gasteiger partial charge in [-0.1, -0.05) is 0 Å². The SMILES string of the molecule is CCN(CC)C(=O)N1CC(OC)CC1C(=O)O. The molecule has 17 heavy (non-hydrogen) atoms. The summed E-state index contributed by atoms with van der Waals surface area (Å²) in [5, 5.41) is 9.11. The highest BCUT2D eigenvalue weighted by Crippen LogP contribution is 2.21. The molecule has 2 amide bonds. The molecule has 1 aliphatic heterocycles. The Hall–Kier alpha value is -1.30. The Morgan fingerprint density at radius 1 is 1.41 bits per heavy atom. The molecule has 98 valence electrons. The first-order valence-corrected chi connectivity index (χ1v) is 5.86. The largest absolute Gasteiger partial charge is 0.480 e. The van der Waals surface area contributed by atoms with Crippen LogP contribution in [-0.4, -0.2) is 65.8 Å². The normalized spacial score (nSPS) is 23.8. The van der Waals surface area contributed by atoms with Crippen molar-refractivity contribution in [2.75, 3.05) is 26.7 Å². The lowest BCUT2D eigenvalue weighted by molar-refractivity contribution is -0.141. The predicted octanol–water partition coefficient (Wildman–Crippen LogP) is 0.622. The first kappa shape index (κ1) is 13.8. The molecule has 1 rings (SSSR count). The van der Waals surface area contributed by atoms with Gasteiger partial charge in [-0.15, -0.1) is 0 Å². The minimum atomic E-state index is -0.968. The maximum Gasteiger partial charge on any atom is 0.326 e. The molecular formula is C11H20N2O4. The zero-order valence-corrected chi connectivity index (χ0v) is 10.5. The highest BCUT2D eigenvalue weighted by atomic mass is 16.5. The molecule has 2 atom stereocenters. The number of nitrogens with zero attached hydrogens (tertiary/aromatic N) is 2. The van der Waals surface area contributed by atoms with Gasteiger partial charge in [0.15, 0.2) is 0 Å². The van der Waals surface area contributed by atoms with E-state index in [4.69, 9.17) is 9.84 Å². The van der Waals surface area contributed by atoms with Crippen molar-refractivity contribution in [3.63, 3.8) is 0 Å². The number of likely N-dealkylation sites (tertiary alicyclic amines) is 1. The van der Waals surface area contributed by atoms with Crippen LogP contribution in [0.5, 0.6) is 0 Å². The quantitative estimate of drug-likeness (QED) is 0.787. The third-order valence-corrected chi connectivity index (χ3v) is 3.16. The second-order valence-corrected chi connectivity index (χ2v) is 4.05. The van der Waals surface area contributed by atoms with E-state index < -0.39 is 12.0 Å². The minimum absolute atomic E-state index is 0.185. The zero-order chi connectivity index (χ0) is 13.0. The molecule has 0 aromatic heterocycles. The van der Waals surface area contributed by atoms with E-state index >= 15 is 0 Å². The van der Waals surface area contributed by atoms with Crippen LogP contribution in [0, 0.1) is 0 Å². The maximum atomic E-state index is 12.1. The number of urea groups is 1. The number of hydrogen-bond donors (Lipinski definition) is 1. The van der Waals surface area contributed by atoms with Gasteiger partial charge in [0, 0.05) is 33.2 Å². The third-order valence-electron chi connectivity index (χ3n) is 3.16. The van der Waals surface area contributed by atoms with Crippen LogP contribution in [-0.2, 0) is 9.53 Å². The van der Waals surface area contributed by atoms with Gasteiger partial charge in [-0.05, 0) is 13.8 Å². The molecule has 0 saturated carbocycles. The average Bonchev–Trinajstić information content (AvgIpc) is 2.74. The fourth-order valence-electron chi connectivity index (χ4n) is 2.09. The van der Waals surface area contributed by atoms with Gasteiger partial charge in [0.2, 0.25) is 0 Å². The van der Waals surface area contributed by atoms with Gasteiger partial charge in [-0.2, -0.15) is 0 Å². The molecule has 1 N–H and O–H groups in total. The van der Waals surface area contributed by atoms with E-state index in [9.17, 15) is 9.59 Å². The number of hydrogen-bond acceptors (Lipinski definition) is 3.